The SMILES string of the molecule is CCCC/C=C\C[C@H]1CCC[C@@H]1/C=C/CCCCCC. The molecule has 2 atom stereocenters. The number of unbranched alkanes of at least 4 members (excludes halogenated alkanes) is 6. The van der Waals surface area contributed by atoms with Crippen molar-refractivity contribution in [2.75, 3.05) is 0 Å². The molecule has 0 nitrogen and oxygen atoms in total. The highest BCUT2D eigenvalue weighted by atomic mass is 14.3. The Labute approximate surface area is 127 Å². The van der Waals surface area contributed by atoms with Gasteiger partial charge in [-0.1, -0.05) is 76.7 Å². The van der Waals surface area contributed by atoms with Gasteiger partial charge in [-0.25, -0.2) is 0 Å². The molecule has 1 rings (SSSR count). The number of hydrogen-bond acceptors (Lipinski definition) is 0. The van der Waals surface area contributed by atoms with E-state index >= 15 is 0 Å². The molecular weight excluding hydrogens is 240 g/mol. The van der Waals surface area contributed by atoms with Crippen LogP contribution < -0.4 is 0 Å². The van der Waals surface area contributed by atoms with E-state index < -0.39 is 0 Å². The first kappa shape index (κ1) is 17.5. The molecule has 0 unspecified atom stereocenters. The zero-order chi connectivity index (χ0) is 14.5. The smallest absolute Gasteiger partial charge is 0.0202 e. The lowest BCUT2D eigenvalue weighted by atomic mass is 9.92. The van der Waals surface area contributed by atoms with Crippen LogP contribution in [0, 0.1) is 11.8 Å². The summed E-state index contributed by atoms with van der Waals surface area (Å²) >= 11 is 0. The Morgan fingerprint density at radius 2 is 1.60 bits per heavy atom. The molecule has 0 radical (unpaired) electrons. The largest absolute Gasteiger partial charge is 0.0885 e. The normalized spacial score (nSPS) is 23.3. The Morgan fingerprint density at radius 3 is 2.40 bits per heavy atom. The third-order valence-corrected chi connectivity index (χ3v) is 4.66. The molecule has 0 bridgehead atoms. The molecule has 1 fully saturated rings. The van der Waals surface area contributed by atoms with E-state index in [1.165, 1.54) is 77.0 Å². The van der Waals surface area contributed by atoms with Gasteiger partial charge in [-0.05, 0) is 50.4 Å². The highest BCUT2D eigenvalue weighted by Gasteiger charge is 2.23. The Bertz CT molecular complexity index is 261. The van der Waals surface area contributed by atoms with Crippen LogP contribution in [0.3, 0.4) is 0 Å². The maximum absolute atomic E-state index is 2.55. The molecule has 0 heterocycles. The van der Waals surface area contributed by atoms with Gasteiger partial charge in [0.2, 0.25) is 0 Å². The molecule has 116 valence electrons. The summed E-state index contributed by atoms with van der Waals surface area (Å²) in [5.41, 5.74) is 0. The minimum Gasteiger partial charge on any atom is -0.0885 e. The third kappa shape index (κ3) is 7.92. The van der Waals surface area contributed by atoms with Gasteiger partial charge in [0.15, 0.2) is 0 Å². The van der Waals surface area contributed by atoms with E-state index in [1.54, 1.807) is 0 Å². The zero-order valence-electron chi connectivity index (χ0n) is 13.9. The van der Waals surface area contributed by atoms with Crippen LogP contribution >= 0.6 is 0 Å². The lowest BCUT2D eigenvalue weighted by Crippen LogP contribution is -2.03. The summed E-state index contributed by atoms with van der Waals surface area (Å²) in [6, 6.07) is 0. The molecule has 20 heavy (non-hydrogen) atoms. The van der Waals surface area contributed by atoms with Crippen molar-refractivity contribution in [2.45, 2.75) is 90.9 Å². The Kier molecular flexibility index (Phi) is 10.7. The molecule has 0 aliphatic heterocycles. The monoisotopic (exact) mass is 276 g/mol. The van der Waals surface area contributed by atoms with Gasteiger partial charge >= 0.3 is 0 Å². The van der Waals surface area contributed by atoms with Gasteiger partial charge in [0.05, 0.1) is 0 Å². The van der Waals surface area contributed by atoms with Crippen molar-refractivity contribution in [3.63, 3.8) is 0 Å². The second-order valence-corrected chi connectivity index (χ2v) is 6.48. The second kappa shape index (κ2) is 12.2. The quantitative estimate of drug-likeness (QED) is 0.280. The highest BCUT2D eigenvalue weighted by molar-refractivity contribution is 4.97. The first-order chi connectivity index (χ1) is 9.88. The fourth-order valence-corrected chi connectivity index (χ4v) is 3.28. The van der Waals surface area contributed by atoms with E-state index in [1.807, 2.05) is 0 Å². The first-order valence-electron chi connectivity index (χ1n) is 9.20. The van der Waals surface area contributed by atoms with E-state index in [2.05, 4.69) is 38.2 Å². The number of hydrogen-bond donors (Lipinski definition) is 0. The zero-order valence-corrected chi connectivity index (χ0v) is 13.9. The summed E-state index contributed by atoms with van der Waals surface area (Å²) in [4.78, 5) is 0. The molecule has 0 aromatic heterocycles. The second-order valence-electron chi connectivity index (χ2n) is 6.48. The standard InChI is InChI=1S/C20H36/c1-3-5-7-9-11-13-16-20-18-14-17-19(20)15-12-10-8-6-4-2/h10,12-13,16,19-20H,3-9,11,14-15,17-18H2,1-2H3/b12-10-,16-13+/t19-,20-/m0/s1. The van der Waals surface area contributed by atoms with Crippen molar-refractivity contribution in [3.8, 4) is 0 Å². The Balaban J connectivity index is 2.16. The highest BCUT2D eigenvalue weighted by Crippen LogP contribution is 2.35. The summed E-state index contributed by atoms with van der Waals surface area (Å²) in [7, 11) is 0. The topological polar surface area (TPSA) is 0 Å². The van der Waals surface area contributed by atoms with Gasteiger partial charge < -0.3 is 0 Å². The molecule has 1 aliphatic carbocycles. The lowest BCUT2D eigenvalue weighted by molar-refractivity contribution is 0.462. The molecule has 0 aromatic carbocycles. The average molecular weight is 277 g/mol. The summed E-state index contributed by atoms with van der Waals surface area (Å²) in [5, 5.41) is 0. The van der Waals surface area contributed by atoms with Crippen LogP contribution in [0.2, 0.25) is 0 Å². The summed E-state index contributed by atoms with van der Waals surface area (Å²) in [5.74, 6) is 1.80. The van der Waals surface area contributed by atoms with Gasteiger partial charge in [-0.2, -0.15) is 0 Å². The van der Waals surface area contributed by atoms with Crippen molar-refractivity contribution in [1.29, 1.82) is 0 Å². The maximum atomic E-state index is 2.55. The van der Waals surface area contributed by atoms with Crippen molar-refractivity contribution in [3.05, 3.63) is 24.3 Å². The fraction of sp³-hybridized carbons (Fsp3) is 0.800. The minimum absolute atomic E-state index is 0.872. The molecule has 1 aliphatic rings. The van der Waals surface area contributed by atoms with E-state index in [0.717, 1.165) is 11.8 Å². The van der Waals surface area contributed by atoms with Crippen molar-refractivity contribution >= 4 is 0 Å². The van der Waals surface area contributed by atoms with Crippen LogP contribution in [0.5, 0.6) is 0 Å². The first-order valence-corrected chi connectivity index (χ1v) is 9.20. The average Bonchev–Trinajstić information content (AvgIpc) is 2.90. The summed E-state index contributed by atoms with van der Waals surface area (Å²) in [6.45, 7) is 4.55. The third-order valence-electron chi connectivity index (χ3n) is 4.66. The van der Waals surface area contributed by atoms with Gasteiger partial charge in [-0.15, -0.1) is 0 Å². The Morgan fingerprint density at radius 1 is 0.800 bits per heavy atom. The van der Waals surface area contributed by atoms with Crippen LogP contribution in [-0.4, -0.2) is 0 Å². The molecule has 0 amide bonds. The van der Waals surface area contributed by atoms with Gasteiger partial charge in [0.1, 0.15) is 0 Å². The van der Waals surface area contributed by atoms with E-state index in [-0.39, 0.29) is 0 Å². The molecular formula is C20H36. The predicted molar refractivity (Wildman–Crippen MR) is 92.0 cm³/mol. The molecule has 0 N–H and O–H groups in total. The van der Waals surface area contributed by atoms with Gasteiger partial charge in [0.25, 0.3) is 0 Å². The van der Waals surface area contributed by atoms with Crippen molar-refractivity contribution in [2.24, 2.45) is 11.8 Å². The number of allylic oxidation sites excluding steroid dienone is 4. The molecule has 0 aromatic rings. The minimum atomic E-state index is 0.872. The fourth-order valence-electron chi connectivity index (χ4n) is 3.28. The van der Waals surface area contributed by atoms with E-state index in [4.69, 9.17) is 0 Å². The van der Waals surface area contributed by atoms with Crippen LogP contribution in [0.15, 0.2) is 24.3 Å². The van der Waals surface area contributed by atoms with E-state index in [0.29, 0.717) is 0 Å². The maximum Gasteiger partial charge on any atom is -0.0202 e. The lowest BCUT2D eigenvalue weighted by Gasteiger charge is -2.14. The number of rotatable bonds is 11. The van der Waals surface area contributed by atoms with Crippen LogP contribution in [0.1, 0.15) is 90.9 Å². The van der Waals surface area contributed by atoms with Gasteiger partial charge in [-0.3, -0.25) is 0 Å². The summed E-state index contributed by atoms with van der Waals surface area (Å²) in [6.07, 6.45) is 26.3. The Hall–Kier alpha value is -0.520. The molecule has 0 saturated heterocycles. The van der Waals surface area contributed by atoms with Crippen LogP contribution in [-0.2, 0) is 0 Å². The molecule has 1 saturated carbocycles. The van der Waals surface area contributed by atoms with Crippen molar-refractivity contribution < 1.29 is 0 Å². The molecule has 0 spiro atoms. The molecule has 0 heteroatoms. The van der Waals surface area contributed by atoms with Crippen molar-refractivity contribution in [1.82, 2.24) is 0 Å². The predicted octanol–water partition coefficient (Wildman–Crippen LogP) is 7.07. The van der Waals surface area contributed by atoms with Crippen LogP contribution in [0.4, 0.5) is 0 Å². The summed E-state index contributed by atoms with van der Waals surface area (Å²) < 4.78 is 0. The van der Waals surface area contributed by atoms with Crippen LogP contribution in [0.25, 0.3) is 0 Å². The van der Waals surface area contributed by atoms with E-state index in [9.17, 15) is 0 Å². The van der Waals surface area contributed by atoms with Gasteiger partial charge in [0, 0.05) is 0 Å².